The number of ether oxygens (including phenoxy) is 4. The fourth-order valence-electron chi connectivity index (χ4n) is 3.05. The molecule has 0 spiro atoms. The van der Waals surface area contributed by atoms with E-state index in [0.717, 1.165) is 0 Å². The number of benzene rings is 1. The van der Waals surface area contributed by atoms with Crippen molar-refractivity contribution < 1.29 is 59.5 Å². The van der Waals surface area contributed by atoms with Crippen LogP contribution in [0.1, 0.15) is 10.4 Å². The van der Waals surface area contributed by atoms with Crippen molar-refractivity contribution in [1.82, 2.24) is 0 Å². The highest BCUT2D eigenvalue weighted by Gasteiger charge is 2.50. The van der Waals surface area contributed by atoms with E-state index >= 15 is 0 Å². The van der Waals surface area contributed by atoms with Crippen molar-refractivity contribution in [2.24, 2.45) is 0 Å². The lowest BCUT2D eigenvalue weighted by Crippen LogP contribution is -2.60. The molecule has 0 bridgehead atoms. The summed E-state index contributed by atoms with van der Waals surface area (Å²) in [6.45, 7) is -1.63. The Morgan fingerprint density at radius 3 is 2.33 bits per heavy atom. The maximum absolute atomic E-state index is 12.2. The molecule has 7 N–H and O–H groups in total. The largest absolute Gasteiger partial charge is 0.508 e. The van der Waals surface area contributed by atoms with Crippen LogP contribution in [0.5, 0.6) is 5.75 Å². The molecule has 2 heterocycles. The standard InChI is InChI=1S/C18H24O12/c19-6-18(26)7-28-17(14(18)24)27-5-10-11(21)12(22)13(23)16(29-10)30-15(25)8-1-3-9(20)4-2-8/h1-4,10-14,16-17,19-24,26H,5-7H2. The Bertz CT molecular complexity index is 726. The van der Waals surface area contributed by atoms with Crippen LogP contribution in [0.4, 0.5) is 0 Å². The van der Waals surface area contributed by atoms with Crippen molar-refractivity contribution in [2.75, 3.05) is 19.8 Å². The van der Waals surface area contributed by atoms with Gasteiger partial charge < -0.3 is 54.7 Å². The van der Waals surface area contributed by atoms with Crippen molar-refractivity contribution in [3.8, 4) is 5.75 Å². The molecule has 12 nitrogen and oxygen atoms in total. The summed E-state index contributed by atoms with van der Waals surface area (Å²) in [5.41, 5.74) is -1.86. The Balaban J connectivity index is 1.61. The van der Waals surface area contributed by atoms with Crippen molar-refractivity contribution in [3.05, 3.63) is 29.8 Å². The second-order valence-electron chi connectivity index (χ2n) is 7.19. The normalized spacial score (nSPS) is 39.1. The van der Waals surface area contributed by atoms with Gasteiger partial charge in [-0.1, -0.05) is 0 Å². The highest BCUT2D eigenvalue weighted by molar-refractivity contribution is 5.89. The Labute approximate surface area is 170 Å². The van der Waals surface area contributed by atoms with Gasteiger partial charge in [0.2, 0.25) is 6.29 Å². The molecule has 30 heavy (non-hydrogen) atoms. The van der Waals surface area contributed by atoms with E-state index in [-0.39, 0.29) is 11.3 Å². The summed E-state index contributed by atoms with van der Waals surface area (Å²) in [6, 6.07) is 5.06. The summed E-state index contributed by atoms with van der Waals surface area (Å²) < 4.78 is 20.7. The Kier molecular flexibility index (Phi) is 6.91. The topological polar surface area (TPSA) is 196 Å². The van der Waals surface area contributed by atoms with E-state index in [0.29, 0.717) is 0 Å². The average Bonchev–Trinajstić information content (AvgIpc) is 3.02. The number of carbonyl (C=O) groups excluding carboxylic acids is 1. The molecule has 2 aliphatic heterocycles. The molecule has 2 aliphatic rings. The zero-order valence-corrected chi connectivity index (χ0v) is 15.6. The summed E-state index contributed by atoms with van der Waals surface area (Å²) in [7, 11) is 0. The van der Waals surface area contributed by atoms with E-state index in [1.165, 1.54) is 24.3 Å². The van der Waals surface area contributed by atoms with Gasteiger partial charge in [-0.05, 0) is 24.3 Å². The van der Waals surface area contributed by atoms with E-state index in [9.17, 15) is 35.4 Å². The summed E-state index contributed by atoms with van der Waals surface area (Å²) in [4.78, 5) is 12.2. The minimum absolute atomic E-state index is 0.0442. The van der Waals surface area contributed by atoms with Crippen LogP contribution in [0.3, 0.4) is 0 Å². The van der Waals surface area contributed by atoms with Gasteiger partial charge in [-0.25, -0.2) is 4.79 Å². The van der Waals surface area contributed by atoms with Gasteiger partial charge in [-0.3, -0.25) is 0 Å². The van der Waals surface area contributed by atoms with Crippen LogP contribution >= 0.6 is 0 Å². The molecule has 1 aromatic rings. The first-order chi connectivity index (χ1) is 14.2. The maximum atomic E-state index is 12.2. The van der Waals surface area contributed by atoms with Crippen LogP contribution in [0.15, 0.2) is 24.3 Å². The van der Waals surface area contributed by atoms with Gasteiger partial charge in [-0.2, -0.15) is 0 Å². The molecular formula is C18H24O12. The molecule has 8 atom stereocenters. The van der Waals surface area contributed by atoms with E-state index in [1.807, 2.05) is 0 Å². The molecule has 2 fully saturated rings. The monoisotopic (exact) mass is 432 g/mol. The van der Waals surface area contributed by atoms with Crippen molar-refractivity contribution >= 4 is 5.97 Å². The lowest BCUT2D eigenvalue weighted by Gasteiger charge is -2.40. The number of phenols is 1. The number of esters is 1. The van der Waals surface area contributed by atoms with E-state index in [1.54, 1.807) is 0 Å². The van der Waals surface area contributed by atoms with E-state index in [4.69, 9.17) is 24.1 Å². The Morgan fingerprint density at radius 1 is 1.07 bits per heavy atom. The lowest BCUT2D eigenvalue weighted by molar-refractivity contribution is -0.295. The smallest absolute Gasteiger partial charge is 0.340 e. The molecule has 3 rings (SSSR count). The quantitative estimate of drug-likeness (QED) is 0.223. The van der Waals surface area contributed by atoms with Crippen LogP contribution in [0.25, 0.3) is 0 Å². The van der Waals surface area contributed by atoms with Crippen LogP contribution in [0, 0.1) is 0 Å². The molecule has 8 unspecified atom stereocenters. The molecule has 12 heteroatoms. The van der Waals surface area contributed by atoms with Crippen LogP contribution in [0.2, 0.25) is 0 Å². The molecule has 0 saturated carbocycles. The summed E-state index contributed by atoms with van der Waals surface area (Å²) in [5.74, 6) is -0.981. The third-order valence-electron chi connectivity index (χ3n) is 5.00. The zero-order chi connectivity index (χ0) is 22.1. The predicted molar refractivity (Wildman–Crippen MR) is 93.9 cm³/mol. The first-order valence-corrected chi connectivity index (χ1v) is 9.10. The third-order valence-corrected chi connectivity index (χ3v) is 5.00. The second kappa shape index (κ2) is 9.09. The summed E-state index contributed by atoms with van der Waals surface area (Å²) >= 11 is 0. The molecule has 1 aromatic carbocycles. The van der Waals surface area contributed by atoms with Gasteiger partial charge in [0.15, 0.2) is 6.29 Å². The van der Waals surface area contributed by atoms with Crippen LogP contribution in [-0.2, 0) is 18.9 Å². The first kappa shape index (κ1) is 22.8. The summed E-state index contributed by atoms with van der Waals surface area (Å²) in [6.07, 6.45) is -11.0. The van der Waals surface area contributed by atoms with E-state index in [2.05, 4.69) is 0 Å². The first-order valence-electron chi connectivity index (χ1n) is 9.10. The fraction of sp³-hybridized carbons (Fsp3) is 0.611. The second-order valence-corrected chi connectivity index (χ2v) is 7.19. The molecule has 2 saturated heterocycles. The number of hydrogen-bond acceptors (Lipinski definition) is 12. The van der Waals surface area contributed by atoms with Gasteiger partial charge in [0.05, 0.1) is 25.4 Å². The highest BCUT2D eigenvalue weighted by atomic mass is 16.7. The van der Waals surface area contributed by atoms with E-state index < -0.39 is 74.5 Å². The zero-order valence-electron chi connectivity index (χ0n) is 15.6. The minimum atomic E-state index is -1.91. The van der Waals surface area contributed by atoms with Crippen molar-refractivity contribution in [1.29, 1.82) is 0 Å². The lowest BCUT2D eigenvalue weighted by atomic mass is 9.99. The molecule has 0 radical (unpaired) electrons. The number of aliphatic hydroxyl groups is 6. The number of hydrogen-bond donors (Lipinski definition) is 7. The Hall–Kier alpha value is -1.87. The third kappa shape index (κ3) is 4.56. The maximum Gasteiger partial charge on any atom is 0.340 e. The summed E-state index contributed by atoms with van der Waals surface area (Å²) in [5, 5.41) is 68.6. The average molecular weight is 432 g/mol. The number of rotatable bonds is 6. The number of aliphatic hydroxyl groups excluding tert-OH is 5. The SMILES string of the molecule is O=C(OC1OC(COC2OCC(O)(CO)C2O)C(O)C(O)C1O)c1ccc(O)cc1. The molecule has 168 valence electrons. The van der Waals surface area contributed by atoms with Crippen LogP contribution < -0.4 is 0 Å². The number of carbonyl (C=O) groups is 1. The fourth-order valence-corrected chi connectivity index (χ4v) is 3.05. The highest BCUT2D eigenvalue weighted by Crippen LogP contribution is 2.28. The molecule has 0 aliphatic carbocycles. The Morgan fingerprint density at radius 2 is 1.73 bits per heavy atom. The van der Waals surface area contributed by atoms with Crippen molar-refractivity contribution in [2.45, 2.75) is 48.7 Å². The van der Waals surface area contributed by atoms with Gasteiger partial charge in [0.25, 0.3) is 0 Å². The van der Waals surface area contributed by atoms with Gasteiger partial charge in [-0.15, -0.1) is 0 Å². The molecule has 0 aromatic heterocycles. The van der Waals surface area contributed by atoms with Gasteiger partial charge in [0.1, 0.15) is 41.9 Å². The van der Waals surface area contributed by atoms with Gasteiger partial charge >= 0.3 is 5.97 Å². The van der Waals surface area contributed by atoms with Crippen LogP contribution in [-0.4, -0.2) is 110 Å². The number of phenolic OH excluding ortho intramolecular Hbond substituents is 1. The minimum Gasteiger partial charge on any atom is -0.508 e. The molecule has 0 amide bonds. The number of aromatic hydroxyl groups is 1. The van der Waals surface area contributed by atoms with Gasteiger partial charge in [0, 0.05) is 0 Å². The predicted octanol–water partition coefficient (Wildman–Crippen LogP) is -3.19. The molecular weight excluding hydrogens is 408 g/mol. The van der Waals surface area contributed by atoms with Crippen molar-refractivity contribution in [3.63, 3.8) is 0 Å².